The molecule has 128 valence electrons. The lowest BCUT2D eigenvalue weighted by Gasteiger charge is -2.45. The summed E-state index contributed by atoms with van der Waals surface area (Å²) in [6.07, 6.45) is 4.87. The Morgan fingerprint density at radius 3 is 2.67 bits per heavy atom. The zero-order valence-electron chi connectivity index (χ0n) is 13.6. The van der Waals surface area contributed by atoms with Crippen molar-refractivity contribution in [3.63, 3.8) is 0 Å². The topological polar surface area (TPSA) is 109 Å². The minimum atomic E-state index is -0.563. The van der Waals surface area contributed by atoms with Crippen LogP contribution in [0.3, 0.4) is 0 Å². The standard InChI is InChI=1S/C16H21ClN6O/c1-10(24)20-11-5-6-12(17)13(9-11)23-15(19)21-14(18)22-16(23)7-3-2-4-8-16/h5-6,9H,2-4,7-8H2,1H3,(H,20,24)(H4,18,19,21,22). The van der Waals surface area contributed by atoms with E-state index in [9.17, 15) is 4.79 Å². The number of guanidine groups is 2. The molecule has 1 aromatic carbocycles. The number of halogens is 1. The summed E-state index contributed by atoms with van der Waals surface area (Å²) >= 11 is 6.43. The summed E-state index contributed by atoms with van der Waals surface area (Å²) in [5.41, 5.74) is 12.8. The maximum absolute atomic E-state index is 11.3. The van der Waals surface area contributed by atoms with Crippen molar-refractivity contribution in [3.8, 4) is 0 Å². The molecule has 1 saturated carbocycles. The van der Waals surface area contributed by atoms with Crippen LogP contribution >= 0.6 is 11.6 Å². The molecule has 1 spiro atoms. The lowest BCUT2D eigenvalue weighted by molar-refractivity contribution is -0.114. The number of aliphatic imine (C=N–C) groups is 2. The smallest absolute Gasteiger partial charge is 0.221 e. The predicted octanol–water partition coefficient (Wildman–Crippen LogP) is 2.41. The number of hydrogen-bond donors (Lipinski definition) is 3. The number of nitrogens with one attached hydrogen (secondary N) is 1. The Morgan fingerprint density at radius 2 is 2.00 bits per heavy atom. The highest BCUT2D eigenvalue weighted by molar-refractivity contribution is 6.34. The maximum Gasteiger partial charge on any atom is 0.221 e. The molecule has 1 aliphatic carbocycles. The minimum Gasteiger partial charge on any atom is -0.369 e. The fourth-order valence-corrected chi connectivity index (χ4v) is 3.64. The molecule has 5 N–H and O–H groups in total. The van der Waals surface area contributed by atoms with Gasteiger partial charge in [-0.1, -0.05) is 18.0 Å². The second-order valence-corrected chi connectivity index (χ2v) is 6.57. The van der Waals surface area contributed by atoms with E-state index in [2.05, 4.69) is 15.3 Å². The zero-order chi connectivity index (χ0) is 17.3. The van der Waals surface area contributed by atoms with Crippen molar-refractivity contribution >= 4 is 40.8 Å². The van der Waals surface area contributed by atoms with Crippen LogP contribution < -0.4 is 21.7 Å². The average Bonchev–Trinajstić information content (AvgIpc) is 2.50. The Labute approximate surface area is 145 Å². The number of amides is 1. The molecule has 0 radical (unpaired) electrons. The largest absolute Gasteiger partial charge is 0.369 e. The Hall–Kier alpha value is -2.28. The van der Waals surface area contributed by atoms with Crippen molar-refractivity contribution in [1.29, 1.82) is 0 Å². The molecular weight excluding hydrogens is 328 g/mol. The van der Waals surface area contributed by atoms with Crippen molar-refractivity contribution in [2.75, 3.05) is 10.2 Å². The highest BCUT2D eigenvalue weighted by Crippen LogP contribution is 2.42. The van der Waals surface area contributed by atoms with Gasteiger partial charge in [0.25, 0.3) is 0 Å². The third-order valence-corrected chi connectivity index (χ3v) is 4.68. The molecule has 0 atom stereocenters. The average molecular weight is 349 g/mol. The van der Waals surface area contributed by atoms with Gasteiger partial charge in [-0.05, 0) is 43.9 Å². The first-order valence-corrected chi connectivity index (χ1v) is 8.36. The van der Waals surface area contributed by atoms with E-state index in [4.69, 9.17) is 23.1 Å². The lowest BCUT2D eigenvalue weighted by Crippen LogP contribution is -2.58. The molecule has 1 aromatic rings. The van der Waals surface area contributed by atoms with Crippen LogP contribution in [0.2, 0.25) is 5.02 Å². The van der Waals surface area contributed by atoms with Gasteiger partial charge in [0.15, 0.2) is 0 Å². The molecule has 1 fully saturated rings. The second-order valence-electron chi connectivity index (χ2n) is 6.17. The number of rotatable bonds is 2. The summed E-state index contributed by atoms with van der Waals surface area (Å²) in [6, 6.07) is 5.27. The number of carbonyl (C=O) groups excluding carboxylic acids is 1. The fraction of sp³-hybridized carbons (Fsp3) is 0.438. The molecule has 0 aromatic heterocycles. The number of anilines is 2. The van der Waals surface area contributed by atoms with Gasteiger partial charge in [0.1, 0.15) is 5.66 Å². The molecule has 2 aliphatic rings. The monoisotopic (exact) mass is 348 g/mol. The van der Waals surface area contributed by atoms with Gasteiger partial charge in [-0.15, -0.1) is 0 Å². The normalized spacial score (nSPS) is 19.7. The van der Waals surface area contributed by atoms with E-state index in [1.807, 2.05) is 4.90 Å². The first-order valence-electron chi connectivity index (χ1n) is 7.98. The van der Waals surface area contributed by atoms with Crippen LogP contribution in [0.4, 0.5) is 11.4 Å². The summed E-state index contributed by atoms with van der Waals surface area (Å²) in [6.45, 7) is 1.46. The van der Waals surface area contributed by atoms with Crippen LogP contribution in [0.1, 0.15) is 39.0 Å². The molecule has 0 unspecified atom stereocenters. The third kappa shape index (κ3) is 3.03. The summed E-state index contributed by atoms with van der Waals surface area (Å²) in [5.74, 6) is 0.310. The van der Waals surface area contributed by atoms with Crippen molar-refractivity contribution in [2.24, 2.45) is 21.5 Å². The summed E-state index contributed by atoms with van der Waals surface area (Å²) in [7, 11) is 0. The van der Waals surface area contributed by atoms with Gasteiger partial charge < -0.3 is 16.8 Å². The molecule has 7 nitrogen and oxygen atoms in total. The molecule has 3 rings (SSSR count). The number of hydrogen-bond acceptors (Lipinski definition) is 6. The number of benzene rings is 1. The summed E-state index contributed by atoms with van der Waals surface area (Å²) in [5, 5.41) is 3.28. The SMILES string of the molecule is CC(=O)Nc1ccc(Cl)c(N2C(N)=NC(N)=NC23CCCCC3)c1. The van der Waals surface area contributed by atoms with E-state index in [-0.39, 0.29) is 17.8 Å². The van der Waals surface area contributed by atoms with E-state index >= 15 is 0 Å². The Morgan fingerprint density at radius 1 is 1.29 bits per heavy atom. The third-order valence-electron chi connectivity index (χ3n) is 4.36. The van der Waals surface area contributed by atoms with Crippen LogP contribution in [0.5, 0.6) is 0 Å². The number of nitrogens with zero attached hydrogens (tertiary/aromatic N) is 3. The van der Waals surface area contributed by atoms with E-state index in [1.54, 1.807) is 18.2 Å². The Balaban J connectivity index is 2.08. The highest BCUT2D eigenvalue weighted by atomic mass is 35.5. The number of nitrogens with two attached hydrogens (primary N) is 2. The van der Waals surface area contributed by atoms with Gasteiger partial charge in [0, 0.05) is 12.6 Å². The van der Waals surface area contributed by atoms with E-state index < -0.39 is 5.66 Å². The van der Waals surface area contributed by atoms with Crippen LogP contribution in [-0.2, 0) is 4.79 Å². The molecule has 0 bridgehead atoms. The fourth-order valence-electron chi connectivity index (χ4n) is 3.43. The van der Waals surface area contributed by atoms with Crippen molar-refractivity contribution in [3.05, 3.63) is 23.2 Å². The minimum absolute atomic E-state index is 0.154. The molecule has 8 heteroatoms. The van der Waals surface area contributed by atoms with Gasteiger partial charge in [-0.25, -0.2) is 4.99 Å². The van der Waals surface area contributed by atoms with Gasteiger partial charge in [-0.2, -0.15) is 4.99 Å². The van der Waals surface area contributed by atoms with Gasteiger partial charge >= 0.3 is 0 Å². The second kappa shape index (κ2) is 6.32. The molecular formula is C16H21ClN6O. The maximum atomic E-state index is 11.3. The van der Waals surface area contributed by atoms with E-state index in [1.165, 1.54) is 6.92 Å². The van der Waals surface area contributed by atoms with Crippen LogP contribution in [0.15, 0.2) is 28.2 Å². The van der Waals surface area contributed by atoms with Gasteiger partial charge in [0.05, 0.1) is 10.7 Å². The Kier molecular flexibility index (Phi) is 4.36. The Bertz CT molecular complexity index is 723. The van der Waals surface area contributed by atoms with Crippen molar-refractivity contribution in [1.82, 2.24) is 0 Å². The quantitative estimate of drug-likeness (QED) is 0.762. The van der Waals surface area contributed by atoms with Crippen LogP contribution in [-0.4, -0.2) is 23.5 Å². The van der Waals surface area contributed by atoms with Crippen LogP contribution in [0, 0.1) is 0 Å². The predicted molar refractivity (Wildman–Crippen MR) is 97.3 cm³/mol. The van der Waals surface area contributed by atoms with Gasteiger partial charge in [-0.3, -0.25) is 9.69 Å². The lowest BCUT2D eigenvalue weighted by atomic mass is 9.87. The molecule has 1 amide bonds. The first-order chi connectivity index (χ1) is 11.4. The molecule has 1 heterocycles. The van der Waals surface area contributed by atoms with Gasteiger partial charge in [0.2, 0.25) is 17.8 Å². The molecule has 1 aliphatic heterocycles. The summed E-state index contributed by atoms with van der Waals surface area (Å²) < 4.78 is 0. The van der Waals surface area contributed by atoms with E-state index in [0.29, 0.717) is 16.4 Å². The van der Waals surface area contributed by atoms with Crippen molar-refractivity contribution in [2.45, 2.75) is 44.7 Å². The molecule has 0 saturated heterocycles. The van der Waals surface area contributed by atoms with E-state index in [0.717, 1.165) is 32.1 Å². The van der Waals surface area contributed by atoms with Crippen LogP contribution in [0.25, 0.3) is 0 Å². The highest BCUT2D eigenvalue weighted by Gasteiger charge is 2.43. The first kappa shape index (κ1) is 16.6. The summed E-state index contributed by atoms with van der Waals surface area (Å²) in [4.78, 5) is 21.9. The molecule has 24 heavy (non-hydrogen) atoms. The zero-order valence-corrected chi connectivity index (χ0v) is 14.3. The van der Waals surface area contributed by atoms with Crippen molar-refractivity contribution < 1.29 is 4.79 Å². The number of carbonyl (C=O) groups is 1.